The number of anilines is 2. The van der Waals surface area contributed by atoms with Gasteiger partial charge < -0.3 is 15.7 Å². The fourth-order valence-corrected chi connectivity index (χ4v) is 1.85. The van der Waals surface area contributed by atoms with Gasteiger partial charge in [0.15, 0.2) is 0 Å². The quantitative estimate of drug-likeness (QED) is 0.758. The molecular weight excluding hydrogens is 232 g/mol. The number of carbonyl (C=O) groups is 2. The summed E-state index contributed by atoms with van der Waals surface area (Å²) in [5, 5.41) is 14.7. The number of benzene rings is 1. The number of hydrogen-bond donors (Lipinski definition) is 3. The molecule has 0 saturated carbocycles. The molecule has 1 aliphatic rings. The van der Waals surface area contributed by atoms with Gasteiger partial charge in [-0.05, 0) is 30.2 Å². The number of rotatable bonds is 4. The molecule has 0 aromatic heterocycles. The summed E-state index contributed by atoms with van der Waals surface area (Å²) in [5.74, 6) is -1.20. The average Bonchev–Trinajstić information content (AvgIpc) is 2.35. The topological polar surface area (TPSA) is 78.4 Å². The summed E-state index contributed by atoms with van der Waals surface area (Å²) in [6.45, 7) is 2.05. The highest BCUT2D eigenvalue weighted by Gasteiger charge is 2.15. The van der Waals surface area contributed by atoms with Crippen LogP contribution in [0.5, 0.6) is 0 Å². The van der Waals surface area contributed by atoms with Gasteiger partial charge in [0.05, 0.1) is 5.92 Å². The molecule has 5 heteroatoms. The maximum absolute atomic E-state index is 11.2. The molecule has 1 aromatic carbocycles. The summed E-state index contributed by atoms with van der Waals surface area (Å²) >= 11 is 0. The fraction of sp³-hybridized carbons (Fsp3) is 0.385. The number of carboxylic acids is 1. The Morgan fingerprint density at radius 2 is 2.28 bits per heavy atom. The Hall–Kier alpha value is -2.04. The summed E-state index contributed by atoms with van der Waals surface area (Å²) in [5.41, 5.74) is 2.82. The fourth-order valence-electron chi connectivity index (χ4n) is 1.85. The first-order valence-electron chi connectivity index (χ1n) is 5.95. The van der Waals surface area contributed by atoms with E-state index in [1.165, 1.54) is 0 Å². The van der Waals surface area contributed by atoms with Gasteiger partial charge in [-0.2, -0.15) is 0 Å². The molecule has 1 heterocycles. The molecule has 2 rings (SSSR count). The second-order valence-electron chi connectivity index (χ2n) is 4.54. The summed E-state index contributed by atoms with van der Waals surface area (Å²) in [6.07, 6.45) is 1.23. The molecule has 0 aliphatic carbocycles. The van der Waals surface area contributed by atoms with E-state index in [-0.39, 0.29) is 5.91 Å². The monoisotopic (exact) mass is 248 g/mol. The van der Waals surface area contributed by atoms with Crippen molar-refractivity contribution in [1.29, 1.82) is 0 Å². The smallest absolute Gasteiger partial charge is 0.308 e. The highest BCUT2D eigenvalue weighted by Crippen LogP contribution is 2.25. The minimum absolute atomic E-state index is 0.0442. The van der Waals surface area contributed by atoms with Crippen LogP contribution in [0, 0.1) is 5.92 Å². The Morgan fingerprint density at radius 1 is 1.50 bits per heavy atom. The van der Waals surface area contributed by atoms with E-state index in [9.17, 15) is 9.59 Å². The van der Waals surface area contributed by atoms with Crippen molar-refractivity contribution in [3.8, 4) is 0 Å². The Morgan fingerprint density at radius 3 is 3.00 bits per heavy atom. The molecule has 1 aliphatic heterocycles. The average molecular weight is 248 g/mol. The maximum Gasteiger partial charge on any atom is 0.308 e. The number of aryl methyl sites for hydroxylation is 1. The Balaban J connectivity index is 2.03. The van der Waals surface area contributed by atoms with Crippen molar-refractivity contribution in [1.82, 2.24) is 0 Å². The Bertz CT molecular complexity index is 485. The van der Waals surface area contributed by atoms with E-state index in [2.05, 4.69) is 10.6 Å². The first-order valence-corrected chi connectivity index (χ1v) is 5.95. The van der Waals surface area contributed by atoms with E-state index in [1.54, 1.807) is 6.92 Å². The zero-order valence-corrected chi connectivity index (χ0v) is 10.2. The molecule has 0 spiro atoms. The summed E-state index contributed by atoms with van der Waals surface area (Å²) in [6, 6.07) is 5.66. The zero-order chi connectivity index (χ0) is 13.1. The minimum atomic E-state index is -0.812. The lowest BCUT2D eigenvalue weighted by molar-refractivity contribution is -0.140. The van der Waals surface area contributed by atoms with Crippen molar-refractivity contribution in [2.75, 3.05) is 17.2 Å². The van der Waals surface area contributed by atoms with E-state index in [1.807, 2.05) is 18.2 Å². The number of amides is 1. The van der Waals surface area contributed by atoms with Crippen LogP contribution in [-0.2, 0) is 16.0 Å². The van der Waals surface area contributed by atoms with Crippen LogP contribution in [0.1, 0.15) is 18.9 Å². The molecule has 96 valence electrons. The number of carbonyl (C=O) groups excluding carboxylic acids is 1. The van der Waals surface area contributed by atoms with Crippen LogP contribution in [0.15, 0.2) is 18.2 Å². The van der Waals surface area contributed by atoms with Gasteiger partial charge in [0.1, 0.15) is 0 Å². The summed E-state index contributed by atoms with van der Waals surface area (Å²) < 4.78 is 0. The third-order valence-corrected chi connectivity index (χ3v) is 3.03. The molecule has 0 fully saturated rings. The molecule has 3 N–H and O–H groups in total. The van der Waals surface area contributed by atoms with Gasteiger partial charge in [-0.15, -0.1) is 0 Å². The van der Waals surface area contributed by atoms with Gasteiger partial charge >= 0.3 is 5.97 Å². The van der Waals surface area contributed by atoms with Crippen LogP contribution >= 0.6 is 0 Å². The van der Waals surface area contributed by atoms with Crippen LogP contribution < -0.4 is 10.6 Å². The lowest BCUT2D eigenvalue weighted by Gasteiger charge is -2.18. The van der Waals surface area contributed by atoms with Crippen LogP contribution in [0.2, 0.25) is 0 Å². The van der Waals surface area contributed by atoms with Crippen molar-refractivity contribution < 1.29 is 14.7 Å². The second-order valence-corrected chi connectivity index (χ2v) is 4.54. The Kier molecular flexibility index (Phi) is 3.50. The summed E-state index contributed by atoms with van der Waals surface area (Å²) in [7, 11) is 0. The van der Waals surface area contributed by atoms with Crippen LogP contribution in [0.25, 0.3) is 0 Å². The van der Waals surface area contributed by atoms with Crippen molar-refractivity contribution in [2.24, 2.45) is 5.92 Å². The predicted octanol–water partition coefficient (Wildman–Crippen LogP) is 1.70. The molecule has 0 bridgehead atoms. The van der Waals surface area contributed by atoms with Gasteiger partial charge in [-0.1, -0.05) is 6.92 Å². The molecular formula is C13H16N2O3. The van der Waals surface area contributed by atoms with E-state index in [0.29, 0.717) is 13.0 Å². The third-order valence-electron chi connectivity index (χ3n) is 3.03. The van der Waals surface area contributed by atoms with Gasteiger partial charge in [-0.3, -0.25) is 9.59 Å². The Labute approximate surface area is 105 Å². The molecule has 1 unspecified atom stereocenters. The van der Waals surface area contributed by atoms with Crippen LogP contribution in [0.3, 0.4) is 0 Å². The predicted molar refractivity (Wildman–Crippen MR) is 68.7 cm³/mol. The third kappa shape index (κ3) is 2.80. The molecule has 18 heavy (non-hydrogen) atoms. The van der Waals surface area contributed by atoms with Gasteiger partial charge in [0, 0.05) is 24.3 Å². The standard InChI is InChI=1S/C13H16N2O3/c1-8(13(17)18)7-14-10-3-4-11-9(6-10)2-5-12(16)15-11/h3-4,6,8,14H,2,5,7H2,1H3,(H,15,16)(H,17,18). The SMILES string of the molecule is CC(CNc1ccc2c(c1)CCC(=O)N2)C(=O)O. The lowest BCUT2D eigenvalue weighted by atomic mass is 10.0. The van der Waals surface area contributed by atoms with E-state index in [4.69, 9.17) is 5.11 Å². The molecule has 5 nitrogen and oxygen atoms in total. The van der Waals surface area contributed by atoms with E-state index >= 15 is 0 Å². The molecule has 0 radical (unpaired) electrons. The van der Waals surface area contributed by atoms with Gasteiger partial charge in [0.2, 0.25) is 5.91 Å². The lowest BCUT2D eigenvalue weighted by Crippen LogP contribution is -2.21. The van der Waals surface area contributed by atoms with Gasteiger partial charge in [-0.25, -0.2) is 0 Å². The van der Waals surface area contributed by atoms with Crippen molar-refractivity contribution in [2.45, 2.75) is 19.8 Å². The normalized spacial score (nSPS) is 15.5. The molecule has 1 atom stereocenters. The first kappa shape index (κ1) is 12.4. The molecule has 1 aromatic rings. The number of hydrogen-bond acceptors (Lipinski definition) is 3. The number of aliphatic carboxylic acids is 1. The van der Waals surface area contributed by atoms with E-state index in [0.717, 1.165) is 23.4 Å². The number of fused-ring (bicyclic) bond motifs is 1. The second kappa shape index (κ2) is 5.08. The van der Waals surface area contributed by atoms with Crippen LogP contribution in [0.4, 0.5) is 11.4 Å². The minimum Gasteiger partial charge on any atom is -0.481 e. The highest BCUT2D eigenvalue weighted by atomic mass is 16.4. The van der Waals surface area contributed by atoms with Crippen molar-refractivity contribution in [3.63, 3.8) is 0 Å². The number of carboxylic acid groups (broad SMARTS) is 1. The molecule has 0 saturated heterocycles. The number of nitrogens with one attached hydrogen (secondary N) is 2. The first-order chi connectivity index (χ1) is 8.56. The van der Waals surface area contributed by atoms with E-state index < -0.39 is 11.9 Å². The largest absolute Gasteiger partial charge is 0.481 e. The summed E-state index contributed by atoms with van der Waals surface area (Å²) in [4.78, 5) is 21.9. The van der Waals surface area contributed by atoms with Crippen molar-refractivity contribution >= 4 is 23.3 Å². The van der Waals surface area contributed by atoms with Crippen LogP contribution in [-0.4, -0.2) is 23.5 Å². The maximum atomic E-state index is 11.2. The zero-order valence-electron chi connectivity index (χ0n) is 10.2. The van der Waals surface area contributed by atoms with Crippen molar-refractivity contribution in [3.05, 3.63) is 23.8 Å². The van der Waals surface area contributed by atoms with Gasteiger partial charge in [0.25, 0.3) is 0 Å². The molecule has 1 amide bonds. The highest BCUT2D eigenvalue weighted by molar-refractivity contribution is 5.94.